The van der Waals surface area contributed by atoms with E-state index < -0.39 is 0 Å². The summed E-state index contributed by atoms with van der Waals surface area (Å²) in [4.78, 5) is 0. The van der Waals surface area contributed by atoms with Crippen LogP contribution in [0.5, 0.6) is 0 Å². The Bertz CT molecular complexity index is 618. The van der Waals surface area contributed by atoms with E-state index in [9.17, 15) is 0 Å². The predicted octanol–water partition coefficient (Wildman–Crippen LogP) is 3.73. The first-order chi connectivity index (χ1) is 8.79. The molecule has 0 aliphatic rings. The monoisotopic (exact) mass is 258 g/mol. The van der Waals surface area contributed by atoms with Gasteiger partial charge in [-0.2, -0.15) is 0 Å². The summed E-state index contributed by atoms with van der Waals surface area (Å²) in [6.45, 7) is 11.9. The lowest BCUT2D eigenvalue weighted by Crippen LogP contribution is -2.22. The van der Waals surface area contributed by atoms with E-state index in [0.29, 0.717) is 0 Å². The summed E-state index contributed by atoms with van der Waals surface area (Å²) < 4.78 is 2.33. The van der Waals surface area contributed by atoms with Crippen molar-refractivity contribution in [3.8, 4) is 0 Å². The smallest absolute Gasteiger partial charge is 0.0512 e. The van der Waals surface area contributed by atoms with Gasteiger partial charge in [-0.1, -0.05) is 25.5 Å². The van der Waals surface area contributed by atoms with E-state index in [0.717, 1.165) is 13.0 Å². The summed E-state index contributed by atoms with van der Waals surface area (Å²) in [5.41, 5.74) is 12.8. The van der Waals surface area contributed by atoms with Gasteiger partial charge in [-0.25, -0.2) is 0 Å². The van der Waals surface area contributed by atoms with E-state index in [4.69, 9.17) is 5.73 Å². The molecule has 0 aliphatic heterocycles. The molecule has 1 heterocycles. The third-order valence-electron chi connectivity index (χ3n) is 4.36. The summed E-state index contributed by atoms with van der Waals surface area (Å²) in [5, 5.41) is 1.40. The molecule has 19 heavy (non-hydrogen) atoms. The topological polar surface area (TPSA) is 30.9 Å². The van der Waals surface area contributed by atoms with E-state index in [1.54, 1.807) is 0 Å². The number of hydrogen-bond acceptors (Lipinski definition) is 1. The molecule has 0 saturated heterocycles. The fraction of sp³-hybridized carbons (Fsp3) is 0.529. The Kier molecular flexibility index (Phi) is 3.48. The highest BCUT2D eigenvalue weighted by Gasteiger charge is 2.27. The fourth-order valence-electron chi connectivity index (χ4n) is 3.47. The molecule has 0 aliphatic carbocycles. The SMILES string of the molecule is Cc1cc(C)c2c(c1)c(C(C)(C)CCN)c(C)n2C. The Labute approximate surface area is 116 Å². The van der Waals surface area contributed by atoms with Crippen LogP contribution in [0.25, 0.3) is 10.9 Å². The van der Waals surface area contributed by atoms with Crippen LogP contribution in [0.1, 0.15) is 42.7 Å². The van der Waals surface area contributed by atoms with E-state index in [1.807, 2.05) is 0 Å². The molecule has 1 aromatic heterocycles. The highest BCUT2D eigenvalue weighted by atomic mass is 14.9. The van der Waals surface area contributed by atoms with Gasteiger partial charge in [0.2, 0.25) is 0 Å². The summed E-state index contributed by atoms with van der Waals surface area (Å²) in [5.74, 6) is 0. The van der Waals surface area contributed by atoms with Gasteiger partial charge in [0.15, 0.2) is 0 Å². The molecule has 2 nitrogen and oxygen atoms in total. The average Bonchev–Trinajstić information content (AvgIpc) is 2.51. The quantitative estimate of drug-likeness (QED) is 0.893. The van der Waals surface area contributed by atoms with Gasteiger partial charge in [0.25, 0.3) is 0 Å². The van der Waals surface area contributed by atoms with Crippen molar-refractivity contribution >= 4 is 10.9 Å². The molecule has 0 spiro atoms. The maximum absolute atomic E-state index is 5.81. The van der Waals surface area contributed by atoms with Crippen LogP contribution in [0.15, 0.2) is 12.1 Å². The molecule has 0 fully saturated rings. The van der Waals surface area contributed by atoms with Gasteiger partial charge in [-0.05, 0) is 56.3 Å². The van der Waals surface area contributed by atoms with Gasteiger partial charge in [-0.15, -0.1) is 0 Å². The number of aryl methyl sites for hydroxylation is 3. The van der Waals surface area contributed by atoms with Crippen molar-refractivity contribution in [1.29, 1.82) is 0 Å². The predicted molar refractivity (Wildman–Crippen MR) is 83.8 cm³/mol. The minimum Gasteiger partial charge on any atom is -0.347 e. The van der Waals surface area contributed by atoms with E-state index in [1.165, 1.54) is 33.3 Å². The van der Waals surface area contributed by atoms with Crippen LogP contribution >= 0.6 is 0 Å². The van der Waals surface area contributed by atoms with Gasteiger partial charge in [0, 0.05) is 18.1 Å². The van der Waals surface area contributed by atoms with Gasteiger partial charge in [0.1, 0.15) is 0 Å². The van der Waals surface area contributed by atoms with Crippen LogP contribution in [0, 0.1) is 20.8 Å². The molecule has 1 aromatic carbocycles. The van der Waals surface area contributed by atoms with E-state index in [-0.39, 0.29) is 5.41 Å². The van der Waals surface area contributed by atoms with Crippen molar-refractivity contribution in [2.45, 2.75) is 46.5 Å². The largest absolute Gasteiger partial charge is 0.347 e. The lowest BCUT2D eigenvalue weighted by Gasteiger charge is -2.25. The van der Waals surface area contributed by atoms with Gasteiger partial charge in [0.05, 0.1) is 5.52 Å². The lowest BCUT2D eigenvalue weighted by molar-refractivity contribution is 0.487. The molecule has 0 bridgehead atoms. The average molecular weight is 258 g/mol. The van der Waals surface area contributed by atoms with Gasteiger partial charge < -0.3 is 10.3 Å². The number of hydrogen-bond donors (Lipinski definition) is 1. The minimum atomic E-state index is 0.124. The Hall–Kier alpha value is -1.28. The third-order valence-corrected chi connectivity index (χ3v) is 4.36. The number of nitrogens with two attached hydrogens (primary N) is 1. The Morgan fingerprint density at radius 2 is 1.79 bits per heavy atom. The molecule has 0 saturated carbocycles. The van der Waals surface area contributed by atoms with Gasteiger partial charge in [-0.3, -0.25) is 0 Å². The second-order valence-electron chi connectivity index (χ2n) is 6.42. The van der Waals surface area contributed by atoms with Crippen molar-refractivity contribution in [3.63, 3.8) is 0 Å². The van der Waals surface area contributed by atoms with Crippen molar-refractivity contribution in [2.24, 2.45) is 12.8 Å². The van der Waals surface area contributed by atoms with Crippen LogP contribution in [-0.4, -0.2) is 11.1 Å². The zero-order chi connectivity index (χ0) is 14.4. The normalized spacial score (nSPS) is 12.4. The highest BCUT2D eigenvalue weighted by molar-refractivity contribution is 5.89. The van der Waals surface area contributed by atoms with Crippen LogP contribution < -0.4 is 5.73 Å². The number of aromatic nitrogens is 1. The summed E-state index contributed by atoms with van der Waals surface area (Å²) in [7, 11) is 2.17. The first-order valence-corrected chi connectivity index (χ1v) is 7.06. The van der Waals surface area contributed by atoms with Crippen LogP contribution in [0.3, 0.4) is 0 Å². The molecule has 2 aromatic rings. The van der Waals surface area contributed by atoms with Crippen molar-refractivity contribution in [1.82, 2.24) is 4.57 Å². The van der Waals surface area contributed by atoms with Crippen LogP contribution in [0.4, 0.5) is 0 Å². The molecule has 2 rings (SSSR count). The number of rotatable bonds is 3. The van der Waals surface area contributed by atoms with E-state index in [2.05, 4.69) is 58.4 Å². The molecule has 2 heteroatoms. The summed E-state index contributed by atoms with van der Waals surface area (Å²) in [6.07, 6.45) is 1.01. The highest BCUT2D eigenvalue weighted by Crippen LogP contribution is 2.38. The molecule has 104 valence electrons. The number of benzene rings is 1. The standard InChI is InChI=1S/C17H26N2/c1-11-9-12(2)16-14(10-11)15(13(3)19(16)6)17(4,5)7-8-18/h9-10H,7-8,18H2,1-6H3. The first-order valence-electron chi connectivity index (χ1n) is 7.06. The molecule has 0 amide bonds. The van der Waals surface area contributed by atoms with Crippen molar-refractivity contribution in [3.05, 3.63) is 34.5 Å². The van der Waals surface area contributed by atoms with Crippen molar-refractivity contribution in [2.75, 3.05) is 6.54 Å². The third kappa shape index (κ3) is 2.18. The van der Waals surface area contributed by atoms with Crippen molar-refractivity contribution < 1.29 is 0 Å². The second-order valence-corrected chi connectivity index (χ2v) is 6.42. The molecule has 0 unspecified atom stereocenters. The number of nitrogens with zero attached hydrogens (tertiary/aromatic N) is 1. The Morgan fingerprint density at radius 1 is 1.16 bits per heavy atom. The Morgan fingerprint density at radius 3 is 2.37 bits per heavy atom. The molecule has 0 atom stereocenters. The van der Waals surface area contributed by atoms with Gasteiger partial charge >= 0.3 is 0 Å². The van der Waals surface area contributed by atoms with Crippen LogP contribution in [-0.2, 0) is 12.5 Å². The fourth-order valence-corrected chi connectivity index (χ4v) is 3.47. The lowest BCUT2D eigenvalue weighted by atomic mass is 9.79. The summed E-state index contributed by atoms with van der Waals surface area (Å²) >= 11 is 0. The minimum absolute atomic E-state index is 0.124. The summed E-state index contributed by atoms with van der Waals surface area (Å²) in [6, 6.07) is 4.59. The maximum Gasteiger partial charge on any atom is 0.0512 e. The van der Waals surface area contributed by atoms with Crippen LogP contribution in [0.2, 0.25) is 0 Å². The molecule has 2 N–H and O–H groups in total. The van der Waals surface area contributed by atoms with E-state index >= 15 is 0 Å². The first kappa shape index (κ1) is 14.1. The Balaban J connectivity index is 2.85. The zero-order valence-corrected chi connectivity index (χ0v) is 13.1. The zero-order valence-electron chi connectivity index (χ0n) is 13.1. The second kappa shape index (κ2) is 4.68. The molecular formula is C17H26N2. The molecular weight excluding hydrogens is 232 g/mol. The maximum atomic E-state index is 5.81. The number of fused-ring (bicyclic) bond motifs is 1. The molecule has 0 radical (unpaired) electrons.